The third-order valence-electron chi connectivity index (χ3n) is 8.83. The maximum absolute atomic E-state index is 11.8. The minimum atomic E-state index is -0.558. The number of halogens is 1. The van der Waals surface area contributed by atoms with Gasteiger partial charge in [-0.2, -0.15) is 0 Å². The van der Waals surface area contributed by atoms with Crippen molar-refractivity contribution < 1.29 is 9.63 Å². The van der Waals surface area contributed by atoms with Crippen LogP contribution in [0.5, 0.6) is 0 Å². The van der Waals surface area contributed by atoms with E-state index in [4.69, 9.17) is 26.4 Å². The largest absolute Gasteiger partial charge is 0.427 e. The summed E-state index contributed by atoms with van der Waals surface area (Å²) in [4.78, 5) is 34.1. The summed E-state index contributed by atoms with van der Waals surface area (Å²) in [6.07, 6.45) is 12.5. The summed E-state index contributed by atoms with van der Waals surface area (Å²) in [6, 6.07) is 4.44. The van der Waals surface area contributed by atoms with Crippen molar-refractivity contribution in [2.45, 2.75) is 77.0 Å². The van der Waals surface area contributed by atoms with Gasteiger partial charge in [-0.3, -0.25) is 10.3 Å². The summed E-state index contributed by atoms with van der Waals surface area (Å²) >= 11 is 6.40. The van der Waals surface area contributed by atoms with E-state index in [1.54, 1.807) is 12.4 Å². The van der Waals surface area contributed by atoms with Gasteiger partial charge in [0.2, 0.25) is 5.95 Å². The van der Waals surface area contributed by atoms with Gasteiger partial charge < -0.3 is 14.3 Å². The summed E-state index contributed by atoms with van der Waals surface area (Å²) in [6.45, 7) is 4.33. The summed E-state index contributed by atoms with van der Waals surface area (Å²) in [5.74, 6) is 3.25. The standard InChI is InChI=1S/C28H34ClN7O2/c1-16-4-6-17(7-5-16)15-36-25-21(32-27(36)35-10-2-3-23(35)18-8-9-18)12-22(26-33-28(37)38-34-26)31-24(25)19-11-20(29)14-30-13-19/h11-14,16-18,23,26,34H,2-10,15H2,1H3,(H,33,37). The van der Waals surface area contributed by atoms with Gasteiger partial charge in [0.1, 0.15) is 0 Å². The van der Waals surface area contributed by atoms with E-state index in [-0.39, 0.29) is 0 Å². The van der Waals surface area contributed by atoms with Crippen LogP contribution in [0.25, 0.3) is 22.3 Å². The van der Waals surface area contributed by atoms with E-state index in [1.165, 1.54) is 51.4 Å². The van der Waals surface area contributed by atoms with E-state index >= 15 is 0 Å². The molecule has 9 nitrogen and oxygen atoms in total. The van der Waals surface area contributed by atoms with Crippen molar-refractivity contribution in [3.63, 3.8) is 0 Å². The van der Waals surface area contributed by atoms with E-state index in [1.807, 2.05) is 12.1 Å². The SMILES string of the molecule is CC1CCC(Cn2c(N3CCCC3C3CC3)nc3cc(C4NOC(=O)N4)nc(-c4cncc(Cl)c4)c32)CC1. The second-order valence-corrected chi connectivity index (χ2v) is 12.1. The molecular weight excluding hydrogens is 502 g/mol. The van der Waals surface area contributed by atoms with Crippen molar-refractivity contribution in [1.82, 2.24) is 30.3 Å². The summed E-state index contributed by atoms with van der Waals surface area (Å²) < 4.78 is 2.45. The number of hydrogen-bond acceptors (Lipinski definition) is 7. The molecule has 0 aromatic carbocycles. The van der Waals surface area contributed by atoms with Crippen LogP contribution in [0.15, 0.2) is 24.5 Å². The van der Waals surface area contributed by atoms with Crippen LogP contribution >= 0.6 is 11.6 Å². The van der Waals surface area contributed by atoms with Gasteiger partial charge in [0.25, 0.3) is 0 Å². The lowest BCUT2D eigenvalue weighted by molar-refractivity contribution is 0.121. The Morgan fingerprint density at radius 1 is 1.08 bits per heavy atom. The molecular formula is C28H34ClN7O2. The maximum Gasteiger partial charge on any atom is 0.427 e. The van der Waals surface area contributed by atoms with Crippen LogP contribution in [-0.2, 0) is 11.4 Å². The molecule has 0 radical (unpaired) electrons. The van der Waals surface area contributed by atoms with Crippen molar-refractivity contribution in [2.24, 2.45) is 17.8 Å². The van der Waals surface area contributed by atoms with Crippen molar-refractivity contribution in [1.29, 1.82) is 0 Å². The Bertz CT molecular complexity index is 1360. The highest BCUT2D eigenvalue weighted by Gasteiger charge is 2.40. The van der Waals surface area contributed by atoms with E-state index < -0.39 is 12.3 Å². The van der Waals surface area contributed by atoms with E-state index in [2.05, 4.69) is 32.2 Å². The van der Waals surface area contributed by atoms with Crippen LogP contribution in [0.3, 0.4) is 0 Å². The molecule has 0 bridgehead atoms. The first-order valence-electron chi connectivity index (χ1n) is 14.0. The molecule has 2 unspecified atom stereocenters. The summed E-state index contributed by atoms with van der Waals surface area (Å²) in [5.41, 5.74) is 6.88. The molecule has 7 rings (SSSR count). The lowest BCUT2D eigenvalue weighted by atomic mass is 9.83. The molecule has 4 fully saturated rings. The number of amides is 1. The molecule has 200 valence electrons. The zero-order valence-electron chi connectivity index (χ0n) is 21.7. The van der Waals surface area contributed by atoms with Crippen LogP contribution < -0.4 is 15.7 Å². The smallest absolute Gasteiger partial charge is 0.351 e. The van der Waals surface area contributed by atoms with Crippen molar-refractivity contribution >= 4 is 34.7 Å². The molecule has 2 aliphatic heterocycles. The first kappa shape index (κ1) is 24.2. The Hall–Kier alpha value is -2.91. The molecule has 2 atom stereocenters. The predicted molar refractivity (Wildman–Crippen MR) is 145 cm³/mol. The lowest BCUT2D eigenvalue weighted by Gasteiger charge is -2.30. The topological polar surface area (TPSA) is 97.2 Å². The van der Waals surface area contributed by atoms with Gasteiger partial charge in [-0.25, -0.2) is 14.8 Å². The molecule has 3 aromatic rings. The highest BCUT2D eigenvalue weighted by molar-refractivity contribution is 6.30. The highest BCUT2D eigenvalue weighted by Crippen LogP contribution is 2.44. The van der Waals surface area contributed by atoms with Crippen LogP contribution in [-0.4, -0.2) is 38.2 Å². The molecule has 1 amide bonds. The number of pyridine rings is 2. The van der Waals surface area contributed by atoms with Crippen LogP contribution in [0.1, 0.15) is 70.2 Å². The Morgan fingerprint density at radius 3 is 2.66 bits per heavy atom. The number of carbonyl (C=O) groups is 1. The van der Waals surface area contributed by atoms with Gasteiger partial charge in [-0.1, -0.05) is 31.4 Å². The summed E-state index contributed by atoms with van der Waals surface area (Å²) in [7, 11) is 0. The van der Waals surface area contributed by atoms with Crippen LogP contribution in [0, 0.1) is 17.8 Å². The normalized spacial score (nSPS) is 27.6. The Balaban J connectivity index is 1.40. The van der Waals surface area contributed by atoms with Crippen LogP contribution in [0.4, 0.5) is 10.7 Å². The first-order valence-corrected chi connectivity index (χ1v) is 14.4. The second kappa shape index (κ2) is 9.68. The predicted octanol–water partition coefficient (Wildman–Crippen LogP) is 5.59. The number of rotatable bonds is 6. The number of nitrogens with zero attached hydrogens (tertiary/aromatic N) is 5. The van der Waals surface area contributed by atoms with Gasteiger partial charge in [-0.05, 0) is 68.4 Å². The van der Waals surface area contributed by atoms with E-state index in [0.717, 1.165) is 53.2 Å². The number of anilines is 1. The fourth-order valence-electron chi connectivity index (χ4n) is 6.65. The number of hydrogen-bond donors (Lipinski definition) is 2. The molecule has 3 aromatic heterocycles. The molecule has 4 aliphatic rings. The average Bonchev–Trinajstić information content (AvgIpc) is 3.30. The fraction of sp³-hybridized carbons (Fsp3) is 0.571. The zero-order chi connectivity index (χ0) is 25.8. The van der Waals surface area contributed by atoms with Gasteiger partial charge in [0.15, 0.2) is 6.17 Å². The number of nitrogens with one attached hydrogen (secondary N) is 2. The third-order valence-corrected chi connectivity index (χ3v) is 9.04. The molecule has 5 heterocycles. The van der Waals surface area contributed by atoms with E-state index in [9.17, 15) is 4.79 Å². The average molecular weight is 536 g/mol. The Morgan fingerprint density at radius 2 is 1.92 bits per heavy atom. The van der Waals surface area contributed by atoms with Gasteiger partial charge >= 0.3 is 6.09 Å². The first-order chi connectivity index (χ1) is 18.5. The number of imidazole rings is 1. The Labute approximate surface area is 227 Å². The number of aromatic nitrogens is 4. The monoisotopic (exact) mass is 535 g/mol. The molecule has 2 aliphatic carbocycles. The zero-order valence-corrected chi connectivity index (χ0v) is 22.5. The lowest BCUT2D eigenvalue weighted by Crippen LogP contribution is -2.34. The number of hydroxylamine groups is 1. The molecule has 2 saturated carbocycles. The van der Waals surface area contributed by atoms with E-state index in [0.29, 0.717) is 22.7 Å². The second-order valence-electron chi connectivity index (χ2n) is 11.6. The Kier molecular flexibility index (Phi) is 6.15. The molecule has 38 heavy (non-hydrogen) atoms. The van der Waals surface area contributed by atoms with Crippen molar-refractivity contribution in [3.05, 3.63) is 35.2 Å². The van der Waals surface area contributed by atoms with Gasteiger partial charge in [0.05, 0.1) is 27.4 Å². The van der Waals surface area contributed by atoms with Crippen molar-refractivity contribution in [2.75, 3.05) is 11.4 Å². The van der Waals surface area contributed by atoms with Gasteiger partial charge in [-0.15, -0.1) is 5.48 Å². The third kappa shape index (κ3) is 4.49. The quantitative estimate of drug-likeness (QED) is 0.424. The van der Waals surface area contributed by atoms with Crippen LogP contribution in [0.2, 0.25) is 5.02 Å². The summed E-state index contributed by atoms with van der Waals surface area (Å²) in [5, 5.41) is 3.34. The fourth-order valence-corrected chi connectivity index (χ4v) is 6.83. The molecule has 10 heteroatoms. The maximum atomic E-state index is 11.8. The number of fused-ring (bicyclic) bond motifs is 1. The highest BCUT2D eigenvalue weighted by atomic mass is 35.5. The molecule has 0 spiro atoms. The van der Waals surface area contributed by atoms with Gasteiger partial charge in [0, 0.05) is 37.1 Å². The van der Waals surface area contributed by atoms with Crippen molar-refractivity contribution in [3.8, 4) is 11.3 Å². The minimum Gasteiger partial charge on any atom is -0.351 e. The number of carbonyl (C=O) groups excluding carboxylic acids is 1. The molecule has 2 N–H and O–H groups in total. The minimum absolute atomic E-state index is 0.523. The molecule has 2 saturated heterocycles.